The van der Waals surface area contributed by atoms with Crippen molar-refractivity contribution in [2.75, 3.05) is 0 Å². The monoisotopic (exact) mass is 390 g/mol. The van der Waals surface area contributed by atoms with Crippen molar-refractivity contribution < 1.29 is 20.1 Å². The topological polar surface area (TPSA) is 77.8 Å². The molecule has 4 aliphatic rings. The minimum atomic E-state index is -0.683. The summed E-state index contributed by atoms with van der Waals surface area (Å²) in [6.07, 6.45) is 9.72. The lowest BCUT2D eigenvalue weighted by atomic mass is 9.46. The van der Waals surface area contributed by atoms with E-state index in [1.54, 1.807) is 0 Å². The van der Waals surface area contributed by atoms with E-state index in [0.717, 1.165) is 31.3 Å². The molecule has 0 radical (unpaired) electrons. The summed E-state index contributed by atoms with van der Waals surface area (Å²) in [5.74, 6) is 2.18. The largest absolute Gasteiger partial charge is 0.481 e. The van der Waals surface area contributed by atoms with E-state index in [-0.39, 0.29) is 17.3 Å². The summed E-state index contributed by atoms with van der Waals surface area (Å²) in [5.41, 5.74) is 1.43. The minimum Gasteiger partial charge on any atom is -0.481 e. The predicted molar refractivity (Wildman–Crippen MR) is 109 cm³/mol. The molecule has 4 rings (SSSR count). The fourth-order valence-corrected chi connectivity index (χ4v) is 8.28. The third-order valence-corrected chi connectivity index (χ3v) is 9.67. The summed E-state index contributed by atoms with van der Waals surface area (Å²) in [5, 5.41) is 30.2. The molecule has 0 aromatic carbocycles. The van der Waals surface area contributed by atoms with Gasteiger partial charge in [-0.15, -0.1) is 0 Å². The molecular weight excluding hydrogens is 352 g/mol. The number of carboxylic acids is 1. The number of carboxylic acid groups (broad SMARTS) is 1. The summed E-state index contributed by atoms with van der Waals surface area (Å²) in [4.78, 5) is 11.0. The zero-order valence-electron chi connectivity index (χ0n) is 17.7. The van der Waals surface area contributed by atoms with Gasteiger partial charge in [0.25, 0.3) is 0 Å². The molecular formula is C24H38O4. The van der Waals surface area contributed by atoms with Crippen LogP contribution < -0.4 is 0 Å². The second kappa shape index (κ2) is 7.12. The zero-order chi connectivity index (χ0) is 20.3. The maximum atomic E-state index is 11.0. The molecule has 0 saturated heterocycles. The molecule has 9 atom stereocenters. The first-order chi connectivity index (χ1) is 13.2. The summed E-state index contributed by atoms with van der Waals surface area (Å²) in [6, 6.07) is 0. The molecule has 0 spiro atoms. The molecule has 3 fully saturated rings. The fraction of sp³-hybridized carbons (Fsp3) is 0.875. The van der Waals surface area contributed by atoms with Gasteiger partial charge in [0.1, 0.15) is 0 Å². The second-order valence-electron chi connectivity index (χ2n) is 10.9. The molecule has 3 N–H and O–H groups in total. The number of rotatable bonds is 4. The number of fused-ring (bicyclic) bond motifs is 5. The molecule has 0 amide bonds. The Kier molecular flexibility index (Phi) is 5.19. The van der Waals surface area contributed by atoms with Crippen LogP contribution in [0.1, 0.15) is 78.6 Å². The second-order valence-corrected chi connectivity index (χ2v) is 10.9. The van der Waals surface area contributed by atoms with Crippen LogP contribution in [0.15, 0.2) is 11.6 Å². The van der Waals surface area contributed by atoms with Crippen LogP contribution in [0.3, 0.4) is 0 Å². The molecule has 3 saturated carbocycles. The number of aliphatic hydroxyl groups excluding tert-OH is 2. The van der Waals surface area contributed by atoms with Crippen molar-refractivity contribution in [2.45, 2.75) is 90.8 Å². The van der Waals surface area contributed by atoms with E-state index in [1.807, 2.05) is 6.08 Å². The molecule has 0 heterocycles. The summed E-state index contributed by atoms with van der Waals surface area (Å²) in [7, 11) is 0. The maximum Gasteiger partial charge on any atom is 0.303 e. The van der Waals surface area contributed by atoms with Crippen LogP contribution in [0.4, 0.5) is 0 Å². The van der Waals surface area contributed by atoms with Gasteiger partial charge < -0.3 is 15.3 Å². The number of hydrogen-bond acceptors (Lipinski definition) is 3. The van der Waals surface area contributed by atoms with E-state index >= 15 is 0 Å². The molecule has 0 aliphatic heterocycles. The highest BCUT2D eigenvalue weighted by molar-refractivity contribution is 5.66. The molecule has 0 aromatic heterocycles. The average molecular weight is 391 g/mol. The van der Waals surface area contributed by atoms with E-state index in [1.165, 1.54) is 25.7 Å². The molecule has 0 bridgehead atoms. The number of aliphatic hydroxyl groups is 2. The lowest BCUT2D eigenvalue weighted by molar-refractivity contribution is -0.137. The normalized spacial score (nSPS) is 48.8. The van der Waals surface area contributed by atoms with Gasteiger partial charge in [-0.05, 0) is 97.4 Å². The Labute approximate surface area is 169 Å². The van der Waals surface area contributed by atoms with Crippen molar-refractivity contribution in [2.24, 2.45) is 40.4 Å². The highest BCUT2D eigenvalue weighted by Gasteiger charge is 2.60. The van der Waals surface area contributed by atoms with Gasteiger partial charge in [-0.2, -0.15) is 0 Å². The van der Waals surface area contributed by atoms with Crippen LogP contribution in [-0.2, 0) is 4.79 Å². The predicted octanol–water partition coefficient (Wildman–Crippen LogP) is 4.40. The Balaban J connectivity index is 1.57. The van der Waals surface area contributed by atoms with Gasteiger partial charge in [-0.25, -0.2) is 0 Å². The third-order valence-electron chi connectivity index (χ3n) is 9.67. The fourth-order valence-electron chi connectivity index (χ4n) is 8.28. The standard InChI is InChI=1S/C24H38O4/c1-14(4-7-22(27)28)17-5-6-18-16-13-21(26)20-12-15(25)8-10-24(20,3)19(16)9-11-23(17,18)2/h12,14-19,21,25-26H,4-11,13H2,1-3H3,(H,27,28)/t14-,15-,16+,17+,18-,19-,21+,23-,24-/m1/s1. The number of hydrogen-bond donors (Lipinski definition) is 3. The molecule has 4 aliphatic carbocycles. The van der Waals surface area contributed by atoms with Gasteiger partial charge in [0.15, 0.2) is 0 Å². The first-order valence-electron chi connectivity index (χ1n) is 11.5. The quantitative estimate of drug-likeness (QED) is 0.622. The van der Waals surface area contributed by atoms with Crippen molar-refractivity contribution in [3.05, 3.63) is 11.6 Å². The van der Waals surface area contributed by atoms with Crippen LogP contribution in [0, 0.1) is 40.4 Å². The molecule has 4 nitrogen and oxygen atoms in total. The first kappa shape index (κ1) is 20.4. The summed E-state index contributed by atoms with van der Waals surface area (Å²) in [6.45, 7) is 7.07. The molecule has 28 heavy (non-hydrogen) atoms. The van der Waals surface area contributed by atoms with Crippen LogP contribution in [0.25, 0.3) is 0 Å². The van der Waals surface area contributed by atoms with Gasteiger partial charge >= 0.3 is 5.97 Å². The lowest BCUT2D eigenvalue weighted by Gasteiger charge is -2.60. The van der Waals surface area contributed by atoms with Gasteiger partial charge in [0.05, 0.1) is 12.2 Å². The zero-order valence-corrected chi connectivity index (χ0v) is 17.7. The van der Waals surface area contributed by atoms with Crippen molar-refractivity contribution in [3.8, 4) is 0 Å². The van der Waals surface area contributed by atoms with Gasteiger partial charge in [-0.3, -0.25) is 4.79 Å². The van der Waals surface area contributed by atoms with E-state index < -0.39 is 18.2 Å². The van der Waals surface area contributed by atoms with Crippen LogP contribution >= 0.6 is 0 Å². The van der Waals surface area contributed by atoms with Crippen molar-refractivity contribution >= 4 is 5.97 Å². The number of carbonyl (C=O) groups is 1. The highest BCUT2D eigenvalue weighted by Crippen LogP contribution is 2.67. The lowest BCUT2D eigenvalue weighted by Crippen LogP contribution is -2.54. The van der Waals surface area contributed by atoms with Crippen molar-refractivity contribution in [1.82, 2.24) is 0 Å². The Morgan fingerprint density at radius 1 is 1.14 bits per heavy atom. The van der Waals surface area contributed by atoms with Crippen molar-refractivity contribution in [1.29, 1.82) is 0 Å². The molecule has 158 valence electrons. The molecule has 0 aromatic rings. The smallest absolute Gasteiger partial charge is 0.303 e. The van der Waals surface area contributed by atoms with Crippen LogP contribution in [0.5, 0.6) is 0 Å². The van der Waals surface area contributed by atoms with Gasteiger partial charge in [0, 0.05) is 6.42 Å². The van der Waals surface area contributed by atoms with Crippen LogP contribution in [0.2, 0.25) is 0 Å². The Morgan fingerprint density at radius 3 is 2.61 bits per heavy atom. The Bertz CT molecular complexity index is 657. The van der Waals surface area contributed by atoms with E-state index in [4.69, 9.17) is 5.11 Å². The Morgan fingerprint density at radius 2 is 1.89 bits per heavy atom. The third kappa shape index (κ3) is 3.06. The average Bonchev–Trinajstić information content (AvgIpc) is 2.99. The first-order valence-corrected chi connectivity index (χ1v) is 11.5. The maximum absolute atomic E-state index is 11.0. The van der Waals surface area contributed by atoms with E-state index in [9.17, 15) is 15.0 Å². The van der Waals surface area contributed by atoms with Crippen LogP contribution in [-0.4, -0.2) is 33.5 Å². The SMILES string of the molecule is C[C@H](CCC(=O)O)[C@@H]1CC[C@@H]2[C@@H]3C[C@H](O)C4=C[C@H](O)CC[C@]4(C)[C@@H]3CC[C@@]21C. The summed E-state index contributed by atoms with van der Waals surface area (Å²) >= 11 is 0. The Hall–Kier alpha value is -0.870. The number of aliphatic carboxylic acids is 1. The molecule has 4 heteroatoms. The minimum absolute atomic E-state index is 0.0376. The van der Waals surface area contributed by atoms with E-state index in [2.05, 4.69) is 20.8 Å². The van der Waals surface area contributed by atoms with Crippen molar-refractivity contribution in [3.63, 3.8) is 0 Å². The van der Waals surface area contributed by atoms with Gasteiger partial charge in [0.2, 0.25) is 0 Å². The van der Waals surface area contributed by atoms with Gasteiger partial charge in [-0.1, -0.05) is 26.8 Å². The van der Waals surface area contributed by atoms with E-state index in [0.29, 0.717) is 29.6 Å². The summed E-state index contributed by atoms with van der Waals surface area (Å²) < 4.78 is 0. The molecule has 0 unspecified atom stereocenters. The highest BCUT2D eigenvalue weighted by atomic mass is 16.4.